The van der Waals surface area contributed by atoms with Gasteiger partial charge in [0.05, 0.1) is 6.42 Å². The van der Waals surface area contributed by atoms with Gasteiger partial charge in [-0.3, -0.25) is 25.0 Å². The van der Waals surface area contributed by atoms with Crippen LogP contribution in [-0.4, -0.2) is 21.8 Å². The zero-order chi connectivity index (χ0) is 19.0. The topological polar surface area (TPSA) is 103 Å². The van der Waals surface area contributed by atoms with Gasteiger partial charge in [-0.25, -0.2) is 0 Å². The second kappa shape index (κ2) is 14.1. The van der Waals surface area contributed by atoms with Crippen LogP contribution in [-0.2, 0) is 4.79 Å². The molecule has 139 valence electrons. The lowest BCUT2D eigenvalue weighted by atomic mass is 10.1. The molecule has 0 bridgehead atoms. The fraction of sp³-hybridized carbons (Fsp3) is 0.722. The summed E-state index contributed by atoms with van der Waals surface area (Å²) in [4.78, 5) is 29.7. The van der Waals surface area contributed by atoms with Crippen LogP contribution in [0.2, 0.25) is 0 Å². The molecule has 0 aromatic heterocycles. The van der Waals surface area contributed by atoms with E-state index in [1.54, 1.807) is 6.08 Å². The number of hydrogen-bond donors (Lipinski definition) is 0. The average Bonchev–Trinajstić information content (AvgIpc) is 2.58. The van der Waals surface area contributed by atoms with E-state index in [4.69, 9.17) is 0 Å². The van der Waals surface area contributed by atoms with Gasteiger partial charge < -0.3 is 0 Å². The zero-order valence-electron chi connectivity index (χ0n) is 14.9. The summed E-state index contributed by atoms with van der Waals surface area (Å²) in [5.41, 5.74) is -2.84. The summed E-state index contributed by atoms with van der Waals surface area (Å²) in [5.74, 6) is 6.13. The lowest BCUT2D eigenvalue weighted by molar-refractivity contribution is -0.772. The first-order valence-electron chi connectivity index (χ1n) is 8.80. The molecule has 0 aromatic carbocycles. The van der Waals surface area contributed by atoms with Crippen LogP contribution in [0.3, 0.4) is 0 Å². The Morgan fingerprint density at radius 3 is 2.16 bits per heavy atom. The number of nitro groups is 2. The molecule has 7 nitrogen and oxygen atoms in total. The van der Waals surface area contributed by atoms with E-state index in [0.29, 0.717) is 12.8 Å². The molecule has 0 amide bonds. The van der Waals surface area contributed by atoms with Gasteiger partial charge in [-0.15, -0.1) is 5.92 Å². The second-order valence-electron chi connectivity index (χ2n) is 5.87. The van der Waals surface area contributed by atoms with Crippen molar-refractivity contribution in [1.29, 1.82) is 0 Å². The molecule has 0 aliphatic heterocycles. The Bertz CT molecular complexity index is 491. The fourth-order valence-corrected chi connectivity index (χ4v) is 2.26. The normalized spacial score (nSPS) is 11.1. The van der Waals surface area contributed by atoms with Crippen LogP contribution in [0.1, 0.15) is 77.6 Å². The molecule has 0 heterocycles. The Morgan fingerprint density at radius 2 is 1.56 bits per heavy atom. The predicted octanol–water partition coefficient (Wildman–Crippen LogP) is 4.22. The first kappa shape index (κ1) is 22.8. The quantitative estimate of drug-likeness (QED) is 0.116. The van der Waals surface area contributed by atoms with E-state index in [-0.39, 0.29) is 6.42 Å². The van der Waals surface area contributed by atoms with Gasteiger partial charge in [0.2, 0.25) is 0 Å². The van der Waals surface area contributed by atoms with Crippen molar-refractivity contribution in [3.05, 3.63) is 32.4 Å². The number of carbonyl (C=O) groups excluding carboxylic acids is 1. The molecule has 25 heavy (non-hydrogen) atoms. The van der Waals surface area contributed by atoms with Crippen LogP contribution in [0.15, 0.2) is 12.2 Å². The minimum Gasteiger partial charge on any atom is -0.273 e. The Balaban J connectivity index is 3.87. The molecule has 0 unspecified atom stereocenters. The van der Waals surface area contributed by atoms with Crippen LogP contribution in [0.25, 0.3) is 0 Å². The summed E-state index contributed by atoms with van der Waals surface area (Å²) >= 11 is 0. The largest absolute Gasteiger partial charge is 0.523 e. The maximum absolute atomic E-state index is 10.7. The zero-order valence-corrected chi connectivity index (χ0v) is 14.9. The summed E-state index contributed by atoms with van der Waals surface area (Å²) in [6.45, 7) is 2.20. The van der Waals surface area contributed by atoms with Crippen molar-refractivity contribution in [3.63, 3.8) is 0 Å². The minimum atomic E-state index is -2.84. The molecule has 0 saturated carbocycles. The highest BCUT2D eigenvalue weighted by Crippen LogP contribution is 2.17. The van der Waals surface area contributed by atoms with Gasteiger partial charge in [0.25, 0.3) is 0 Å². The summed E-state index contributed by atoms with van der Waals surface area (Å²) < 4.78 is 0. The third-order valence-electron chi connectivity index (χ3n) is 3.83. The molecule has 0 N–H and O–H groups in total. The second-order valence-corrected chi connectivity index (χ2v) is 5.87. The highest BCUT2D eigenvalue weighted by Gasteiger charge is 2.57. The number of unbranched alkanes of at least 4 members (excludes halogenated alkanes) is 7. The van der Waals surface area contributed by atoms with Crippen molar-refractivity contribution in [3.8, 4) is 11.8 Å². The van der Waals surface area contributed by atoms with E-state index in [1.165, 1.54) is 32.1 Å². The molecule has 7 heteroatoms. The molecular weight excluding hydrogens is 324 g/mol. The summed E-state index contributed by atoms with van der Waals surface area (Å²) in [6, 6.07) is 0. The standard InChI is InChI=1S/C18H27N2O5/c1-2-3-4-5-6-7-8-9-10-11-12-13-14-15-16-18(17-21,19(22)23)20(24)25/h12-13H,2-8,11,14-16H2,1H3/b13-12+. The van der Waals surface area contributed by atoms with Crippen LogP contribution in [0, 0.1) is 32.1 Å². The molecule has 0 atom stereocenters. The number of hydrogen-bond acceptors (Lipinski definition) is 5. The molecule has 0 aliphatic carbocycles. The molecule has 0 aliphatic rings. The molecule has 0 saturated heterocycles. The Hall–Kier alpha value is -2.23. The third kappa shape index (κ3) is 9.60. The van der Waals surface area contributed by atoms with Crippen LogP contribution in [0.4, 0.5) is 0 Å². The maximum atomic E-state index is 10.7. The number of nitrogens with zero attached hydrogens (tertiary/aromatic N) is 2. The van der Waals surface area contributed by atoms with Crippen LogP contribution < -0.4 is 0 Å². The summed E-state index contributed by atoms with van der Waals surface area (Å²) in [5, 5.41) is 21.4. The van der Waals surface area contributed by atoms with Gasteiger partial charge in [-0.2, -0.15) is 0 Å². The van der Waals surface area contributed by atoms with Crippen molar-refractivity contribution >= 4 is 6.29 Å². The number of allylic oxidation sites excluding steroid dienone is 2. The van der Waals surface area contributed by atoms with Crippen molar-refractivity contribution < 1.29 is 14.6 Å². The molecule has 0 aromatic rings. The fourth-order valence-electron chi connectivity index (χ4n) is 2.26. The van der Waals surface area contributed by atoms with Gasteiger partial charge in [-0.05, 0) is 19.3 Å². The highest BCUT2D eigenvalue weighted by molar-refractivity contribution is 5.59. The molecule has 0 spiro atoms. The minimum absolute atomic E-state index is 0.166. The first-order valence-corrected chi connectivity index (χ1v) is 8.80. The monoisotopic (exact) mass is 351 g/mol. The van der Waals surface area contributed by atoms with Crippen molar-refractivity contribution in [2.75, 3.05) is 0 Å². The molecular formula is C18H27N2O5. The van der Waals surface area contributed by atoms with E-state index in [0.717, 1.165) is 19.1 Å². The van der Waals surface area contributed by atoms with E-state index in [1.807, 2.05) is 6.08 Å². The van der Waals surface area contributed by atoms with Gasteiger partial charge >= 0.3 is 11.9 Å². The molecule has 0 rings (SSSR count). The van der Waals surface area contributed by atoms with E-state index >= 15 is 0 Å². The van der Waals surface area contributed by atoms with Crippen LogP contribution >= 0.6 is 0 Å². The predicted molar refractivity (Wildman–Crippen MR) is 95.8 cm³/mol. The van der Waals surface area contributed by atoms with E-state index < -0.39 is 21.9 Å². The van der Waals surface area contributed by atoms with Gasteiger partial charge in [0.15, 0.2) is 0 Å². The van der Waals surface area contributed by atoms with Crippen molar-refractivity contribution in [2.45, 2.75) is 83.2 Å². The summed E-state index contributed by atoms with van der Waals surface area (Å²) in [6.07, 6.45) is 13.6. The third-order valence-corrected chi connectivity index (χ3v) is 3.83. The first-order chi connectivity index (χ1) is 12.0. The summed E-state index contributed by atoms with van der Waals surface area (Å²) in [7, 11) is 0. The molecule has 1 radical (unpaired) electrons. The maximum Gasteiger partial charge on any atom is 0.523 e. The highest BCUT2D eigenvalue weighted by atomic mass is 16.7. The Kier molecular flexibility index (Phi) is 12.9. The SMILES string of the molecule is CCCCCCCCC#CC/C=C/CCCC([C]=O)([N+](=O)[O-])[N+](=O)[O-]. The molecule has 0 fully saturated rings. The van der Waals surface area contributed by atoms with Gasteiger partial charge in [0.1, 0.15) is 9.85 Å². The van der Waals surface area contributed by atoms with Gasteiger partial charge in [0, 0.05) is 12.8 Å². The smallest absolute Gasteiger partial charge is 0.273 e. The van der Waals surface area contributed by atoms with Gasteiger partial charge in [-0.1, -0.05) is 57.1 Å². The van der Waals surface area contributed by atoms with Crippen molar-refractivity contribution in [1.82, 2.24) is 0 Å². The Labute approximate surface area is 149 Å². The lowest BCUT2D eigenvalue weighted by Gasteiger charge is -2.08. The number of rotatable bonds is 14. The Morgan fingerprint density at radius 1 is 0.920 bits per heavy atom. The lowest BCUT2D eigenvalue weighted by Crippen LogP contribution is -2.47. The van der Waals surface area contributed by atoms with E-state index in [2.05, 4.69) is 18.8 Å². The van der Waals surface area contributed by atoms with Crippen LogP contribution in [0.5, 0.6) is 0 Å². The average molecular weight is 351 g/mol. The van der Waals surface area contributed by atoms with E-state index in [9.17, 15) is 25.0 Å². The van der Waals surface area contributed by atoms with Crippen molar-refractivity contribution in [2.24, 2.45) is 0 Å².